The maximum atomic E-state index is 12.8. The average Bonchev–Trinajstić information content (AvgIpc) is 2.83. The Bertz CT molecular complexity index is 452. The topological polar surface area (TPSA) is 46.3 Å². The highest BCUT2D eigenvalue weighted by atomic mass is 19.1. The Hall–Kier alpha value is -1.68. The fourth-order valence-electron chi connectivity index (χ4n) is 1.62. The Morgan fingerprint density at radius 1 is 1.44 bits per heavy atom. The van der Waals surface area contributed by atoms with Crippen LogP contribution in [0.1, 0.15) is 24.8 Å². The van der Waals surface area contributed by atoms with Crippen LogP contribution in [-0.2, 0) is 5.60 Å². The summed E-state index contributed by atoms with van der Waals surface area (Å²) in [7, 11) is 0. The lowest BCUT2D eigenvalue weighted by molar-refractivity contribution is 0.0483. The van der Waals surface area contributed by atoms with E-state index in [0.29, 0.717) is 17.9 Å². The summed E-state index contributed by atoms with van der Waals surface area (Å²) in [6, 6.07) is 6.10. The van der Waals surface area contributed by atoms with Crippen LogP contribution in [0.4, 0.5) is 4.39 Å². The van der Waals surface area contributed by atoms with E-state index in [0.717, 1.165) is 6.20 Å². The summed E-state index contributed by atoms with van der Waals surface area (Å²) in [6.07, 6.45) is 2.97. The standard InChI is InChI=1S/C12H12FNO2/c1-2-12(15,11-4-3-7-16-11)10-6-5-9(13)8-14-10/h3-8,15H,2H2,1H3. The smallest absolute Gasteiger partial charge is 0.163 e. The summed E-state index contributed by atoms with van der Waals surface area (Å²) < 4.78 is 17.9. The van der Waals surface area contributed by atoms with Crippen LogP contribution in [0.2, 0.25) is 0 Å². The predicted molar refractivity (Wildman–Crippen MR) is 56.2 cm³/mol. The van der Waals surface area contributed by atoms with Gasteiger partial charge in [0.1, 0.15) is 11.6 Å². The molecule has 1 atom stereocenters. The van der Waals surface area contributed by atoms with Crippen LogP contribution in [-0.4, -0.2) is 10.1 Å². The molecule has 16 heavy (non-hydrogen) atoms. The summed E-state index contributed by atoms with van der Waals surface area (Å²) >= 11 is 0. The molecule has 0 aromatic carbocycles. The number of aromatic nitrogens is 1. The van der Waals surface area contributed by atoms with Crippen molar-refractivity contribution in [2.75, 3.05) is 0 Å². The molecule has 1 unspecified atom stereocenters. The van der Waals surface area contributed by atoms with Crippen LogP contribution in [0, 0.1) is 5.82 Å². The molecular formula is C12H12FNO2. The molecule has 0 aliphatic carbocycles. The third kappa shape index (κ3) is 1.72. The van der Waals surface area contributed by atoms with Crippen molar-refractivity contribution in [3.05, 3.63) is 54.0 Å². The Morgan fingerprint density at radius 2 is 2.25 bits per heavy atom. The second-order valence-corrected chi connectivity index (χ2v) is 3.55. The summed E-state index contributed by atoms with van der Waals surface area (Å²) in [5.74, 6) is -0.0178. The van der Waals surface area contributed by atoms with Crippen molar-refractivity contribution >= 4 is 0 Å². The van der Waals surface area contributed by atoms with Crippen molar-refractivity contribution < 1.29 is 13.9 Å². The number of hydrogen-bond acceptors (Lipinski definition) is 3. The van der Waals surface area contributed by atoms with Gasteiger partial charge in [0.05, 0.1) is 18.2 Å². The molecule has 3 nitrogen and oxygen atoms in total. The lowest BCUT2D eigenvalue weighted by Crippen LogP contribution is -2.26. The summed E-state index contributed by atoms with van der Waals surface area (Å²) in [4.78, 5) is 3.89. The number of aliphatic hydroxyl groups is 1. The van der Waals surface area contributed by atoms with E-state index in [2.05, 4.69) is 4.98 Å². The minimum absolute atomic E-state index is 0.381. The summed E-state index contributed by atoms with van der Waals surface area (Å²) in [5, 5.41) is 10.5. The van der Waals surface area contributed by atoms with Gasteiger partial charge >= 0.3 is 0 Å². The van der Waals surface area contributed by atoms with Crippen molar-refractivity contribution in [3.8, 4) is 0 Å². The quantitative estimate of drug-likeness (QED) is 0.865. The molecule has 0 saturated carbocycles. The molecule has 84 valence electrons. The van der Waals surface area contributed by atoms with Gasteiger partial charge < -0.3 is 9.52 Å². The Balaban J connectivity index is 2.46. The molecule has 4 heteroatoms. The Morgan fingerprint density at radius 3 is 2.75 bits per heavy atom. The lowest BCUT2D eigenvalue weighted by Gasteiger charge is -2.23. The predicted octanol–water partition coefficient (Wildman–Crippen LogP) is 2.46. The monoisotopic (exact) mass is 221 g/mol. The molecule has 0 bridgehead atoms. The largest absolute Gasteiger partial charge is 0.466 e. The van der Waals surface area contributed by atoms with Crippen LogP contribution in [0.3, 0.4) is 0 Å². The molecule has 1 N–H and O–H groups in total. The highest BCUT2D eigenvalue weighted by Crippen LogP contribution is 2.31. The molecule has 0 fully saturated rings. The first-order valence-corrected chi connectivity index (χ1v) is 5.05. The second-order valence-electron chi connectivity index (χ2n) is 3.55. The van der Waals surface area contributed by atoms with Gasteiger partial charge in [-0.1, -0.05) is 6.92 Å². The minimum Gasteiger partial charge on any atom is -0.466 e. The van der Waals surface area contributed by atoms with E-state index in [1.807, 2.05) is 6.92 Å². The van der Waals surface area contributed by atoms with Crippen LogP contribution in [0.5, 0.6) is 0 Å². The van der Waals surface area contributed by atoms with Gasteiger partial charge in [-0.25, -0.2) is 4.39 Å². The van der Waals surface area contributed by atoms with Crippen molar-refractivity contribution in [1.82, 2.24) is 4.98 Å². The highest BCUT2D eigenvalue weighted by molar-refractivity contribution is 5.25. The second kappa shape index (κ2) is 4.06. The maximum Gasteiger partial charge on any atom is 0.163 e. The van der Waals surface area contributed by atoms with Gasteiger partial charge in [0.2, 0.25) is 0 Å². The number of furan rings is 1. The fourth-order valence-corrected chi connectivity index (χ4v) is 1.62. The molecule has 2 aromatic rings. The maximum absolute atomic E-state index is 12.8. The van der Waals surface area contributed by atoms with Crippen molar-refractivity contribution in [1.29, 1.82) is 0 Å². The molecule has 0 amide bonds. The SMILES string of the molecule is CCC(O)(c1ccc(F)cn1)c1ccco1. The number of pyridine rings is 1. The number of rotatable bonds is 3. The zero-order chi connectivity index (χ0) is 11.6. The van der Waals surface area contributed by atoms with Crippen LogP contribution < -0.4 is 0 Å². The normalized spacial score (nSPS) is 14.7. The van der Waals surface area contributed by atoms with Crippen molar-refractivity contribution in [3.63, 3.8) is 0 Å². The van der Waals surface area contributed by atoms with E-state index < -0.39 is 11.4 Å². The molecule has 2 rings (SSSR count). The number of nitrogens with zero attached hydrogens (tertiary/aromatic N) is 1. The van der Waals surface area contributed by atoms with Crippen LogP contribution in [0.25, 0.3) is 0 Å². The van der Waals surface area contributed by atoms with Gasteiger partial charge in [-0.05, 0) is 30.7 Å². The van der Waals surface area contributed by atoms with Gasteiger partial charge in [0.15, 0.2) is 5.60 Å². The molecule has 2 heterocycles. The van der Waals surface area contributed by atoms with E-state index in [4.69, 9.17) is 4.42 Å². The first kappa shape index (κ1) is 10.8. The third-order valence-electron chi connectivity index (χ3n) is 2.59. The molecule has 2 aromatic heterocycles. The first-order chi connectivity index (χ1) is 7.66. The number of halogens is 1. The van der Waals surface area contributed by atoms with Crippen LogP contribution in [0.15, 0.2) is 41.1 Å². The average molecular weight is 221 g/mol. The van der Waals surface area contributed by atoms with Gasteiger partial charge in [0, 0.05) is 0 Å². The van der Waals surface area contributed by atoms with E-state index in [-0.39, 0.29) is 0 Å². The Labute approximate surface area is 92.6 Å². The van der Waals surface area contributed by atoms with E-state index in [9.17, 15) is 9.50 Å². The summed E-state index contributed by atoms with van der Waals surface area (Å²) in [6.45, 7) is 1.81. The van der Waals surface area contributed by atoms with E-state index >= 15 is 0 Å². The Kier molecular flexibility index (Phi) is 2.75. The summed E-state index contributed by atoms with van der Waals surface area (Å²) in [5.41, 5.74) is -0.914. The van der Waals surface area contributed by atoms with Crippen molar-refractivity contribution in [2.24, 2.45) is 0 Å². The number of hydrogen-bond donors (Lipinski definition) is 1. The van der Waals surface area contributed by atoms with Gasteiger partial charge in [-0.15, -0.1) is 0 Å². The molecule has 0 aliphatic rings. The lowest BCUT2D eigenvalue weighted by atomic mass is 9.93. The minimum atomic E-state index is -1.29. The molecule has 0 aliphatic heterocycles. The third-order valence-corrected chi connectivity index (χ3v) is 2.59. The fraction of sp³-hybridized carbons (Fsp3) is 0.250. The zero-order valence-electron chi connectivity index (χ0n) is 8.85. The van der Waals surface area contributed by atoms with Gasteiger partial charge in [0.25, 0.3) is 0 Å². The van der Waals surface area contributed by atoms with Gasteiger partial charge in [-0.3, -0.25) is 4.98 Å². The van der Waals surface area contributed by atoms with Crippen LogP contribution >= 0.6 is 0 Å². The van der Waals surface area contributed by atoms with Crippen molar-refractivity contribution in [2.45, 2.75) is 18.9 Å². The molecule has 0 radical (unpaired) electrons. The molecular weight excluding hydrogens is 209 g/mol. The molecule has 0 spiro atoms. The van der Waals surface area contributed by atoms with Gasteiger partial charge in [-0.2, -0.15) is 0 Å². The zero-order valence-corrected chi connectivity index (χ0v) is 8.85. The van der Waals surface area contributed by atoms with E-state index in [1.54, 1.807) is 12.1 Å². The highest BCUT2D eigenvalue weighted by Gasteiger charge is 2.33. The molecule has 0 saturated heterocycles. The first-order valence-electron chi connectivity index (χ1n) is 5.05. The van der Waals surface area contributed by atoms with E-state index in [1.165, 1.54) is 18.4 Å².